The second-order valence-electron chi connectivity index (χ2n) is 7.09. The van der Waals surface area contributed by atoms with Crippen molar-refractivity contribution in [2.24, 2.45) is 11.8 Å². The Kier molecular flexibility index (Phi) is 8.95. The van der Waals surface area contributed by atoms with Gasteiger partial charge < -0.3 is 10.6 Å². The normalized spacial score (nSPS) is 12.6. The van der Waals surface area contributed by atoms with E-state index in [9.17, 15) is 14.4 Å². The van der Waals surface area contributed by atoms with Crippen molar-refractivity contribution in [3.63, 3.8) is 0 Å². The molecule has 10 heteroatoms. The zero-order valence-electron chi connectivity index (χ0n) is 17.2. The minimum absolute atomic E-state index is 0.0268. The van der Waals surface area contributed by atoms with E-state index in [4.69, 9.17) is 5.21 Å². The molecule has 1 aromatic heterocycles. The van der Waals surface area contributed by atoms with Crippen molar-refractivity contribution in [2.75, 3.05) is 5.32 Å². The molecule has 0 aliphatic heterocycles. The lowest BCUT2D eigenvalue weighted by molar-refractivity contribution is -0.136. The fourth-order valence-corrected chi connectivity index (χ4v) is 2.88. The summed E-state index contributed by atoms with van der Waals surface area (Å²) in [5.74, 6) is -1.61. The predicted octanol–water partition coefficient (Wildman–Crippen LogP) is 1.48. The predicted molar refractivity (Wildman–Crippen MR) is 109 cm³/mol. The van der Waals surface area contributed by atoms with Gasteiger partial charge in [-0.25, -0.2) is 5.48 Å². The van der Waals surface area contributed by atoms with Gasteiger partial charge in [0.25, 0.3) is 0 Å². The van der Waals surface area contributed by atoms with Crippen LogP contribution in [0, 0.1) is 11.8 Å². The highest BCUT2D eigenvalue weighted by atomic mass is 16.5. The quantitative estimate of drug-likeness (QED) is 0.323. The van der Waals surface area contributed by atoms with Gasteiger partial charge in [-0.3, -0.25) is 24.3 Å². The van der Waals surface area contributed by atoms with Gasteiger partial charge in [0, 0.05) is 24.4 Å². The molecule has 162 valence electrons. The smallest absolute Gasteiger partial charge is 0.244 e. The molecule has 10 nitrogen and oxygen atoms in total. The van der Waals surface area contributed by atoms with Gasteiger partial charge in [-0.1, -0.05) is 43.7 Å². The Hall–Kier alpha value is -3.27. The van der Waals surface area contributed by atoms with E-state index in [1.165, 1.54) is 4.68 Å². The van der Waals surface area contributed by atoms with Crippen molar-refractivity contribution in [2.45, 2.75) is 46.2 Å². The van der Waals surface area contributed by atoms with Gasteiger partial charge in [-0.2, -0.15) is 0 Å². The topological polar surface area (TPSA) is 138 Å². The second kappa shape index (κ2) is 11.7. The lowest BCUT2D eigenvalue weighted by atomic mass is 9.88. The molecular weight excluding hydrogens is 388 g/mol. The minimum atomic E-state index is -0.602. The number of amides is 3. The molecule has 0 aliphatic rings. The second-order valence-corrected chi connectivity index (χ2v) is 7.09. The monoisotopic (exact) mass is 416 g/mol. The van der Waals surface area contributed by atoms with Crippen LogP contribution in [0.2, 0.25) is 0 Å². The first-order chi connectivity index (χ1) is 14.4. The number of hydrogen-bond donors (Lipinski definition) is 4. The number of hydroxylamine groups is 1. The number of nitrogens with zero attached hydrogens (tertiary/aromatic N) is 3. The molecule has 0 saturated heterocycles. The largest absolute Gasteiger partial charge is 0.350 e. The van der Waals surface area contributed by atoms with Crippen molar-refractivity contribution in [1.29, 1.82) is 0 Å². The Morgan fingerprint density at radius 2 is 1.90 bits per heavy atom. The lowest BCUT2D eigenvalue weighted by Crippen LogP contribution is -2.37. The van der Waals surface area contributed by atoms with E-state index in [-0.39, 0.29) is 37.1 Å². The molecule has 2 aromatic rings. The van der Waals surface area contributed by atoms with E-state index in [1.54, 1.807) is 11.7 Å². The van der Waals surface area contributed by atoms with Crippen LogP contribution in [0.4, 0.5) is 5.69 Å². The molecule has 2 atom stereocenters. The number of anilines is 1. The lowest BCUT2D eigenvalue weighted by Gasteiger charge is -2.21. The highest BCUT2D eigenvalue weighted by molar-refractivity contribution is 5.90. The Labute approximate surface area is 175 Å². The summed E-state index contributed by atoms with van der Waals surface area (Å²) < 4.78 is 1.54. The summed E-state index contributed by atoms with van der Waals surface area (Å²) in [5.41, 5.74) is 2.84. The summed E-state index contributed by atoms with van der Waals surface area (Å²) in [6, 6.07) is 9.18. The van der Waals surface area contributed by atoms with Gasteiger partial charge in [-0.15, -0.1) is 5.10 Å². The Morgan fingerprint density at radius 3 is 2.57 bits per heavy atom. The van der Waals surface area contributed by atoms with E-state index in [1.807, 2.05) is 44.2 Å². The van der Waals surface area contributed by atoms with Gasteiger partial charge in [0.15, 0.2) is 0 Å². The standard InChI is InChI=1S/C20H28N6O4/c1-3-14(2)17(11-19(28)24-30)20(29)21-12-16-13-26(25-23-16)10-9-18(27)22-15-7-5-4-6-8-15/h4-8,13-14,17,30H,3,9-12H2,1-2H3,(H,21,29)(H,22,27)(H,24,28). The molecule has 4 N–H and O–H groups in total. The zero-order chi connectivity index (χ0) is 21.9. The first-order valence-electron chi connectivity index (χ1n) is 9.87. The van der Waals surface area contributed by atoms with Crippen LogP contribution >= 0.6 is 0 Å². The number of aromatic nitrogens is 3. The number of benzene rings is 1. The van der Waals surface area contributed by atoms with Crippen molar-refractivity contribution in [1.82, 2.24) is 25.8 Å². The Morgan fingerprint density at radius 1 is 1.17 bits per heavy atom. The van der Waals surface area contributed by atoms with Crippen LogP contribution in [-0.4, -0.2) is 37.9 Å². The maximum atomic E-state index is 12.5. The van der Waals surface area contributed by atoms with Gasteiger partial charge in [-0.05, 0) is 18.1 Å². The average molecular weight is 416 g/mol. The molecule has 0 bridgehead atoms. The van der Waals surface area contributed by atoms with Crippen LogP contribution in [0.1, 0.15) is 38.8 Å². The fraction of sp³-hybridized carbons (Fsp3) is 0.450. The molecule has 0 fully saturated rings. The summed E-state index contributed by atoms with van der Waals surface area (Å²) in [5, 5.41) is 22.2. The van der Waals surface area contributed by atoms with Crippen LogP contribution in [0.5, 0.6) is 0 Å². The maximum Gasteiger partial charge on any atom is 0.244 e. The summed E-state index contributed by atoms with van der Waals surface area (Å²) in [6.45, 7) is 4.32. The van der Waals surface area contributed by atoms with E-state index >= 15 is 0 Å². The molecule has 0 saturated carbocycles. The average Bonchev–Trinajstić information content (AvgIpc) is 3.22. The SMILES string of the molecule is CCC(C)C(CC(=O)NO)C(=O)NCc1cn(CCC(=O)Nc2ccccc2)nn1. The van der Waals surface area contributed by atoms with Crippen molar-refractivity contribution >= 4 is 23.4 Å². The molecule has 2 rings (SSSR count). The molecule has 0 radical (unpaired) electrons. The molecule has 1 heterocycles. The van der Waals surface area contributed by atoms with Gasteiger partial charge in [0.05, 0.1) is 19.3 Å². The van der Waals surface area contributed by atoms with Crippen LogP contribution in [-0.2, 0) is 27.5 Å². The number of nitrogens with one attached hydrogen (secondary N) is 3. The number of aryl methyl sites for hydroxylation is 1. The highest BCUT2D eigenvalue weighted by Gasteiger charge is 2.26. The van der Waals surface area contributed by atoms with E-state index in [0.717, 1.165) is 12.1 Å². The third-order valence-electron chi connectivity index (χ3n) is 4.85. The number of para-hydroxylation sites is 1. The fourth-order valence-electron chi connectivity index (χ4n) is 2.88. The summed E-state index contributed by atoms with van der Waals surface area (Å²) >= 11 is 0. The van der Waals surface area contributed by atoms with E-state index in [0.29, 0.717) is 12.2 Å². The molecule has 0 spiro atoms. The maximum absolute atomic E-state index is 12.5. The highest BCUT2D eigenvalue weighted by Crippen LogP contribution is 2.19. The number of rotatable bonds is 11. The molecular formula is C20H28N6O4. The molecule has 1 aromatic carbocycles. The van der Waals surface area contributed by atoms with Gasteiger partial charge in [0.1, 0.15) is 5.69 Å². The summed E-state index contributed by atoms with van der Waals surface area (Å²) in [6.07, 6.45) is 2.52. The molecule has 0 aliphatic carbocycles. The van der Waals surface area contributed by atoms with E-state index in [2.05, 4.69) is 20.9 Å². The molecule has 3 amide bonds. The van der Waals surface area contributed by atoms with E-state index < -0.39 is 11.8 Å². The molecule has 2 unspecified atom stereocenters. The van der Waals surface area contributed by atoms with Gasteiger partial charge >= 0.3 is 0 Å². The third kappa shape index (κ3) is 7.28. The van der Waals surface area contributed by atoms with Crippen LogP contribution in [0.15, 0.2) is 36.5 Å². The first-order valence-corrected chi connectivity index (χ1v) is 9.87. The van der Waals surface area contributed by atoms with Gasteiger partial charge in [0.2, 0.25) is 17.7 Å². The van der Waals surface area contributed by atoms with Crippen molar-refractivity contribution < 1.29 is 19.6 Å². The third-order valence-corrected chi connectivity index (χ3v) is 4.85. The van der Waals surface area contributed by atoms with Crippen LogP contribution in [0.25, 0.3) is 0 Å². The van der Waals surface area contributed by atoms with Crippen molar-refractivity contribution in [3.8, 4) is 0 Å². The minimum Gasteiger partial charge on any atom is -0.350 e. The number of carbonyl (C=O) groups is 3. The van der Waals surface area contributed by atoms with Crippen LogP contribution in [0.3, 0.4) is 0 Å². The summed E-state index contributed by atoms with van der Waals surface area (Å²) in [4.78, 5) is 36.0. The summed E-state index contributed by atoms with van der Waals surface area (Å²) in [7, 11) is 0. The Bertz CT molecular complexity index is 839. The Balaban J connectivity index is 1.82. The van der Waals surface area contributed by atoms with Crippen LogP contribution < -0.4 is 16.1 Å². The number of hydrogen-bond acceptors (Lipinski definition) is 6. The first kappa shape index (κ1) is 23.0. The molecule has 30 heavy (non-hydrogen) atoms. The zero-order valence-corrected chi connectivity index (χ0v) is 17.2. The van der Waals surface area contributed by atoms with Crippen molar-refractivity contribution in [3.05, 3.63) is 42.2 Å². The number of carbonyl (C=O) groups excluding carboxylic acids is 3.